The van der Waals surface area contributed by atoms with E-state index >= 15 is 0 Å². The highest BCUT2D eigenvalue weighted by molar-refractivity contribution is 4.59. The van der Waals surface area contributed by atoms with Gasteiger partial charge in [0, 0.05) is 13.2 Å². The number of aliphatic hydroxyl groups excluding tert-OH is 1. The molecule has 0 aromatic rings. The van der Waals surface area contributed by atoms with Crippen LogP contribution in [0.25, 0.3) is 0 Å². The third kappa shape index (κ3) is 9.80. The molecule has 0 aliphatic heterocycles. The van der Waals surface area contributed by atoms with Crippen LogP contribution in [-0.4, -0.2) is 37.5 Å². The monoisotopic (exact) mass is 189 g/mol. The van der Waals surface area contributed by atoms with Crippen molar-refractivity contribution in [1.29, 1.82) is 0 Å². The van der Waals surface area contributed by atoms with E-state index in [1.165, 1.54) is 0 Å². The summed E-state index contributed by atoms with van der Waals surface area (Å²) in [6.45, 7) is 9.11. The lowest BCUT2D eigenvalue weighted by Crippen LogP contribution is -2.32. The first-order chi connectivity index (χ1) is 6.16. The highest BCUT2D eigenvalue weighted by Gasteiger charge is 2.03. The summed E-state index contributed by atoms with van der Waals surface area (Å²) in [5.74, 6) is 0.628. The van der Waals surface area contributed by atoms with Gasteiger partial charge in [0.1, 0.15) is 0 Å². The molecular formula is C10H23NO2. The van der Waals surface area contributed by atoms with Crippen LogP contribution in [0.1, 0.15) is 27.2 Å². The molecule has 1 atom stereocenters. The molecule has 0 spiro atoms. The molecule has 0 rings (SSSR count). The molecule has 0 aliphatic carbocycles. The average Bonchev–Trinajstić information content (AvgIpc) is 2.04. The van der Waals surface area contributed by atoms with Crippen molar-refractivity contribution in [2.24, 2.45) is 5.92 Å². The second-order valence-electron chi connectivity index (χ2n) is 3.78. The molecule has 0 aromatic heterocycles. The van der Waals surface area contributed by atoms with Gasteiger partial charge in [-0.1, -0.05) is 20.8 Å². The minimum absolute atomic E-state index is 0.370. The van der Waals surface area contributed by atoms with E-state index in [-0.39, 0.29) is 6.10 Å². The smallest absolute Gasteiger partial charge is 0.0897 e. The molecule has 80 valence electrons. The first-order valence-corrected chi connectivity index (χ1v) is 5.13. The first-order valence-electron chi connectivity index (χ1n) is 5.13. The Morgan fingerprint density at radius 1 is 1.31 bits per heavy atom. The van der Waals surface area contributed by atoms with Gasteiger partial charge in [-0.3, -0.25) is 0 Å². The van der Waals surface area contributed by atoms with Crippen LogP contribution < -0.4 is 5.32 Å². The summed E-state index contributed by atoms with van der Waals surface area (Å²) in [7, 11) is 0. The lowest BCUT2D eigenvalue weighted by molar-refractivity contribution is 0.0371. The summed E-state index contributed by atoms with van der Waals surface area (Å²) in [5.41, 5.74) is 0. The van der Waals surface area contributed by atoms with Gasteiger partial charge in [-0.2, -0.15) is 0 Å². The Balaban J connectivity index is 3.15. The Morgan fingerprint density at radius 2 is 2.00 bits per heavy atom. The number of rotatable bonds is 8. The van der Waals surface area contributed by atoms with Crippen LogP contribution in [0.2, 0.25) is 0 Å². The normalized spacial score (nSPS) is 13.6. The second-order valence-corrected chi connectivity index (χ2v) is 3.78. The van der Waals surface area contributed by atoms with Gasteiger partial charge in [-0.05, 0) is 18.9 Å². The molecule has 2 N–H and O–H groups in total. The van der Waals surface area contributed by atoms with E-state index < -0.39 is 0 Å². The number of ether oxygens (including phenoxy) is 1. The molecule has 0 bridgehead atoms. The Bertz CT molecular complexity index is 107. The average molecular weight is 189 g/mol. The van der Waals surface area contributed by atoms with Gasteiger partial charge in [0.05, 0.1) is 12.7 Å². The van der Waals surface area contributed by atoms with Crippen molar-refractivity contribution in [3.63, 3.8) is 0 Å². The van der Waals surface area contributed by atoms with Crippen LogP contribution in [0, 0.1) is 5.92 Å². The molecule has 0 aromatic carbocycles. The van der Waals surface area contributed by atoms with Gasteiger partial charge in [-0.15, -0.1) is 0 Å². The third-order valence-electron chi connectivity index (χ3n) is 1.59. The largest absolute Gasteiger partial charge is 0.389 e. The van der Waals surface area contributed by atoms with Gasteiger partial charge in [-0.25, -0.2) is 0 Å². The van der Waals surface area contributed by atoms with Gasteiger partial charge < -0.3 is 15.2 Å². The van der Waals surface area contributed by atoms with Crippen LogP contribution in [-0.2, 0) is 4.74 Å². The van der Waals surface area contributed by atoms with Gasteiger partial charge in [0.2, 0.25) is 0 Å². The number of hydrogen-bond donors (Lipinski definition) is 2. The zero-order valence-corrected chi connectivity index (χ0v) is 9.05. The van der Waals surface area contributed by atoms with E-state index in [1.807, 2.05) is 0 Å². The molecule has 3 nitrogen and oxygen atoms in total. The van der Waals surface area contributed by atoms with Crippen molar-refractivity contribution in [2.75, 3.05) is 26.3 Å². The second kappa shape index (κ2) is 8.48. The topological polar surface area (TPSA) is 41.5 Å². The predicted molar refractivity (Wildman–Crippen MR) is 54.8 cm³/mol. The Morgan fingerprint density at radius 3 is 2.54 bits per heavy atom. The fraction of sp³-hybridized carbons (Fsp3) is 1.00. The molecular weight excluding hydrogens is 166 g/mol. The third-order valence-corrected chi connectivity index (χ3v) is 1.59. The number of aliphatic hydroxyl groups is 1. The molecule has 3 heteroatoms. The molecule has 0 amide bonds. The maximum Gasteiger partial charge on any atom is 0.0897 e. The van der Waals surface area contributed by atoms with Gasteiger partial charge in [0.15, 0.2) is 0 Å². The summed E-state index contributed by atoms with van der Waals surface area (Å²) in [4.78, 5) is 0. The zero-order chi connectivity index (χ0) is 10.1. The predicted octanol–water partition coefficient (Wildman–Crippen LogP) is 1.02. The zero-order valence-electron chi connectivity index (χ0n) is 9.05. The minimum Gasteiger partial charge on any atom is -0.389 e. The van der Waals surface area contributed by atoms with Crippen LogP contribution in [0.15, 0.2) is 0 Å². The summed E-state index contributed by atoms with van der Waals surface area (Å²) in [6.07, 6.45) is 0.636. The fourth-order valence-corrected chi connectivity index (χ4v) is 0.961. The Hall–Kier alpha value is -0.120. The van der Waals surface area contributed by atoms with Crippen molar-refractivity contribution in [3.8, 4) is 0 Å². The quantitative estimate of drug-likeness (QED) is 0.560. The van der Waals surface area contributed by atoms with Crippen LogP contribution in [0.3, 0.4) is 0 Å². The summed E-state index contributed by atoms with van der Waals surface area (Å²) >= 11 is 0. The fourth-order valence-electron chi connectivity index (χ4n) is 0.961. The van der Waals surface area contributed by atoms with Crippen molar-refractivity contribution in [1.82, 2.24) is 5.32 Å². The molecule has 0 fully saturated rings. The van der Waals surface area contributed by atoms with E-state index in [0.717, 1.165) is 19.6 Å². The van der Waals surface area contributed by atoms with Crippen molar-refractivity contribution in [2.45, 2.75) is 33.3 Å². The molecule has 0 heterocycles. The summed E-state index contributed by atoms with van der Waals surface area (Å²) < 4.78 is 5.21. The van der Waals surface area contributed by atoms with E-state index in [1.54, 1.807) is 0 Å². The Kier molecular flexibility index (Phi) is 8.40. The van der Waals surface area contributed by atoms with Crippen LogP contribution in [0.5, 0.6) is 0 Å². The molecule has 13 heavy (non-hydrogen) atoms. The number of nitrogens with one attached hydrogen (secondary N) is 1. The van der Waals surface area contributed by atoms with Crippen LogP contribution >= 0.6 is 0 Å². The minimum atomic E-state index is -0.370. The lowest BCUT2D eigenvalue weighted by atomic mass is 10.2. The molecule has 0 saturated carbocycles. The van der Waals surface area contributed by atoms with Crippen molar-refractivity contribution in [3.05, 3.63) is 0 Å². The van der Waals surface area contributed by atoms with E-state index in [0.29, 0.717) is 19.1 Å². The first kappa shape index (κ1) is 12.9. The van der Waals surface area contributed by atoms with Gasteiger partial charge >= 0.3 is 0 Å². The summed E-state index contributed by atoms with van der Waals surface area (Å²) in [6, 6.07) is 0. The lowest BCUT2D eigenvalue weighted by Gasteiger charge is -2.13. The van der Waals surface area contributed by atoms with E-state index in [2.05, 4.69) is 26.1 Å². The maximum absolute atomic E-state index is 9.40. The highest BCUT2D eigenvalue weighted by Crippen LogP contribution is 1.89. The van der Waals surface area contributed by atoms with Crippen LogP contribution in [0.4, 0.5) is 0 Å². The molecule has 1 unspecified atom stereocenters. The van der Waals surface area contributed by atoms with Crippen molar-refractivity contribution < 1.29 is 9.84 Å². The van der Waals surface area contributed by atoms with E-state index in [9.17, 15) is 5.11 Å². The molecule has 0 aliphatic rings. The standard InChI is InChI=1S/C10H23NO2/c1-4-5-13-8-10(12)7-11-6-9(2)3/h9-12H,4-8H2,1-3H3. The summed E-state index contributed by atoms with van der Waals surface area (Å²) in [5, 5.41) is 12.6. The maximum atomic E-state index is 9.40. The number of hydrogen-bond acceptors (Lipinski definition) is 3. The molecule has 0 radical (unpaired) electrons. The molecule has 0 saturated heterocycles. The van der Waals surface area contributed by atoms with Gasteiger partial charge in [0.25, 0.3) is 0 Å². The SMILES string of the molecule is CCCOCC(O)CNCC(C)C. The Labute approximate surface area is 81.5 Å². The van der Waals surface area contributed by atoms with E-state index in [4.69, 9.17) is 4.74 Å². The van der Waals surface area contributed by atoms with Crippen molar-refractivity contribution >= 4 is 0 Å². The highest BCUT2D eigenvalue weighted by atomic mass is 16.5.